The van der Waals surface area contributed by atoms with Gasteiger partial charge in [0.15, 0.2) is 11.0 Å². The average molecular weight is 247 g/mol. The monoisotopic (exact) mass is 246 g/mol. The van der Waals surface area contributed by atoms with E-state index >= 15 is 0 Å². The fourth-order valence-electron chi connectivity index (χ4n) is 1.20. The lowest BCUT2D eigenvalue weighted by molar-refractivity contribution is 1.02. The third-order valence-corrected chi connectivity index (χ3v) is 2.30. The third-order valence-electron chi connectivity index (χ3n) is 2.10. The largest absolute Gasteiger partial charge is 0.260 e. The van der Waals surface area contributed by atoms with Gasteiger partial charge in [0.1, 0.15) is 0 Å². The minimum atomic E-state index is 0.359. The predicted molar refractivity (Wildman–Crippen MR) is 69.4 cm³/mol. The maximum atomic E-state index is 5.62. The Kier molecular flexibility index (Phi) is 3.67. The van der Waals surface area contributed by atoms with Crippen molar-refractivity contribution in [2.75, 3.05) is 5.43 Å². The first kappa shape index (κ1) is 11.5. The summed E-state index contributed by atoms with van der Waals surface area (Å²) in [5.74, 6) is 0.553. The number of hydrogen-bond donors (Lipinski definition) is 1. The van der Waals surface area contributed by atoms with Crippen LogP contribution in [0.4, 0.5) is 5.82 Å². The molecule has 1 N–H and O–H groups in total. The van der Waals surface area contributed by atoms with Crippen molar-refractivity contribution in [1.82, 2.24) is 10.2 Å². The maximum absolute atomic E-state index is 5.62. The second kappa shape index (κ2) is 5.41. The van der Waals surface area contributed by atoms with Gasteiger partial charge in [-0.05, 0) is 24.6 Å². The Labute approximate surface area is 104 Å². The molecule has 0 fully saturated rings. The maximum Gasteiger partial charge on any atom is 0.168 e. The molecule has 0 radical (unpaired) electrons. The summed E-state index contributed by atoms with van der Waals surface area (Å²) in [5.41, 5.74) is 5.01. The van der Waals surface area contributed by atoms with Crippen LogP contribution in [0.1, 0.15) is 11.1 Å². The predicted octanol–water partition coefficient (Wildman–Crippen LogP) is 2.88. The Hall–Kier alpha value is -1.94. The summed E-state index contributed by atoms with van der Waals surface area (Å²) in [6.45, 7) is 2.04. The first-order chi connectivity index (χ1) is 8.24. The van der Waals surface area contributed by atoms with Gasteiger partial charge in [0.25, 0.3) is 0 Å². The van der Waals surface area contributed by atoms with Crippen molar-refractivity contribution in [3.8, 4) is 0 Å². The first-order valence-electron chi connectivity index (χ1n) is 5.09. The summed E-state index contributed by atoms with van der Waals surface area (Å²) < 4.78 is 0. The van der Waals surface area contributed by atoms with E-state index < -0.39 is 0 Å². The van der Waals surface area contributed by atoms with Gasteiger partial charge < -0.3 is 0 Å². The normalized spacial score (nSPS) is 10.7. The standard InChI is InChI=1S/C12H11ClN4/c1-9-2-4-10(5-3-9)8-14-16-12-7-6-11(13)15-17-12/h2-8H,1H3,(H,16,17)/b14-8-. The van der Waals surface area contributed by atoms with E-state index in [2.05, 4.69) is 20.7 Å². The molecule has 17 heavy (non-hydrogen) atoms. The van der Waals surface area contributed by atoms with Crippen LogP contribution in [0, 0.1) is 6.92 Å². The molecule has 86 valence electrons. The number of hydrogen-bond acceptors (Lipinski definition) is 4. The highest BCUT2D eigenvalue weighted by atomic mass is 35.5. The van der Waals surface area contributed by atoms with Gasteiger partial charge >= 0.3 is 0 Å². The van der Waals surface area contributed by atoms with Crippen LogP contribution in [0.5, 0.6) is 0 Å². The van der Waals surface area contributed by atoms with Crippen molar-refractivity contribution in [2.24, 2.45) is 5.10 Å². The quantitative estimate of drug-likeness (QED) is 0.669. The van der Waals surface area contributed by atoms with Crippen molar-refractivity contribution in [3.63, 3.8) is 0 Å². The van der Waals surface area contributed by atoms with Crippen LogP contribution < -0.4 is 5.43 Å². The number of hydrazone groups is 1. The average Bonchev–Trinajstić information content (AvgIpc) is 2.34. The summed E-state index contributed by atoms with van der Waals surface area (Å²) in [6, 6.07) is 11.4. The molecular formula is C12H11ClN4. The Morgan fingerprint density at radius 3 is 2.53 bits per heavy atom. The molecule has 2 aromatic rings. The zero-order chi connectivity index (χ0) is 12.1. The topological polar surface area (TPSA) is 50.2 Å². The SMILES string of the molecule is Cc1ccc(/C=N\Nc2ccc(Cl)nn2)cc1. The van der Waals surface area contributed by atoms with Gasteiger partial charge in [0, 0.05) is 0 Å². The zero-order valence-electron chi connectivity index (χ0n) is 9.26. The van der Waals surface area contributed by atoms with Crippen LogP contribution in [0.25, 0.3) is 0 Å². The molecule has 0 amide bonds. The number of nitrogens with one attached hydrogen (secondary N) is 1. The molecule has 0 saturated carbocycles. The molecule has 0 aliphatic rings. The fourth-order valence-corrected chi connectivity index (χ4v) is 1.30. The van der Waals surface area contributed by atoms with Crippen LogP contribution in [0.2, 0.25) is 5.15 Å². The molecule has 0 aliphatic heterocycles. The van der Waals surface area contributed by atoms with Crippen molar-refractivity contribution in [3.05, 3.63) is 52.7 Å². The van der Waals surface area contributed by atoms with E-state index in [1.807, 2.05) is 31.2 Å². The van der Waals surface area contributed by atoms with Crippen molar-refractivity contribution in [1.29, 1.82) is 0 Å². The number of halogens is 1. The summed E-state index contributed by atoms with van der Waals surface area (Å²) >= 11 is 5.62. The van der Waals surface area contributed by atoms with Crippen LogP contribution in [0.15, 0.2) is 41.5 Å². The summed E-state index contributed by atoms with van der Waals surface area (Å²) in [4.78, 5) is 0. The Morgan fingerprint density at radius 2 is 1.88 bits per heavy atom. The number of benzene rings is 1. The first-order valence-corrected chi connectivity index (χ1v) is 5.47. The molecule has 5 heteroatoms. The molecule has 1 heterocycles. The highest BCUT2D eigenvalue weighted by Crippen LogP contribution is 2.06. The van der Waals surface area contributed by atoms with Crippen LogP contribution in [-0.2, 0) is 0 Å². The van der Waals surface area contributed by atoms with Gasteiger partial charge in [-0.2, -0.15) is 5.10 Å². The van der Waals surface area contributed by atoms with Crippen LogP contribution in [0.3, 0.4) is 0 Å². The molecule has 0 bridgehead atoms. The van der Waals surface area contributed by atoms with Crippen molar-refractivity contribution in [2.45, 2.75) is 6.92 Å². The second-order valence-electron chi connectivity index (χ2n) is 3.52. The molecule has 4 nitrogen and oxygen atoms in total. The van der Waals surface area contributed by atoms with E-state index in [9.17, 15) is 0 Å². The molecule has 0 saturated heterocycles. The second-order valence-corrected chi connectivity index (χ2v) is 3.91. The van der Waals surface area contributed by atoms with E-state index in [-0.39, 0.29) is 0 Å². The van der Waals surface area contributed by atoms with E-state index in [0.29, 0.717) is 11.0 Å². The number of nitrogens with zero attached hydrogens (tertiary/aromatic N) is 3. The highest BCUT2D eigenvalue weighted by molar-refractivity contribution is 6.29. The summed E-state index contributed by atoms with van der Waals surface area (Å²) in [5, 5.41) is 11.9. The van der Waals surface area contributed by atoms with E-state index in [1.165, 1.54) is 5.56 Å². The minimum absolute atomic E-state index is 0.359. The van der Waals surface area contributed by atoms with Gasteiger partial charge in [-0.25, -0.2) is 0 Å². The Balaban J connectivity index is 1.97. The molecule has 1 aromatic heterocycles. The third kappa shape index (κ3) is 3.53. The smallest absolute Gasteiger partial charge is 0.168 e. The van der Waals surface area contributed by atoms with Gasteiger partial charge in [-0.1, -0.05) is 41.4 Å². The van der Waals surface area contributed by atoms with Crippen LogP contribution >= 0.6 is 11.6 Å². The fraction of sp³-hybridized carbons (Fsp3) is 0.0833. The lowest BCUT2D eigenvalue weighted by Crippen LogP contribution is -1.94. The number of aromatic nitrogens is 2. The lowest BCUT2D eigenvalue weighted by Gasteiger charge is -1.97. The molecule has 0 spiro atoms. The minimum Gasteiger partial charge on any atom is -0.260 e. The summed E-state index contributed by atoms with van der Waals surface area (Å²) in [6.07, 6.45) is 1.72. The number of anilines is 1. The molecule has 0 atom stereocenters. The van der Waals surface area contributed by atoms with Gasteiger partial charge in [0.05, 0.1) is 6.21 Å². The zero-order valence-corrected chi connectivity index (χ0v) is 10.0. The molecule has 1 aromatic carbocycles. The van der Waals surface area contributed by atoms with Crippen molar-refractivity contribution < 1.29 is 0 Å². The lowest BCUT2D eigenvalue weighted by atomic mass is 10.2. The number of aryl methyl sites for hydroxylation is 1. The molecular weight excluding hydrogens is 236 g/mol. The van der Waals surface area contributed by atoms with Crippen LogP contribution in [-0.4, -0.2) is 16.4 Å². The van der Waals surface area contributed by atoms with Gasteiger partial charge in [-0.15, -0.1) is 10.2 Å². The van der Waals surface area contributed by atoms with E-state index in [0.717, 1.165) is 5.56 Å². The molecule has 2 rings (SSSR count). The Bertz CT molecular complexity index is 505. The Morgan fingerprint density at radius 1 is 1.12 bits per heavy atom. The van der Waals surface area contributed by atoms with E-state index in [4.69, 9.17) is 11.6 Å². The number of rotatable bonds is 3. The highest BCUT2D eigenvalue weighted by Gasteiger charge is 1.92. The van der Waals surface area contributed by atoms with Gasteiger partial charge in [0.2, 0.25) is 0 Å². The molecule has 0 unspecified atom stereocenters. The molecule has 0 aliphatic carbocycles. The van der Waals surface area contributed by atoms with Gasteiger partial charge in [-0.3, -0.25) is 5.43 Å². The van der Waals surface area contributed by atoms with E-state index in [1.54, 1.807) is 18.3 Å². The van der Waals surface area contributed by atoms with Crippen molar-refractivity contribution >= 4 is 23.6 Å². The summed E-state index contributed by atoms with van der Waals surface area (Å²) in [7, 11) is 0.